The second-order valence-electron chi connectivity index (χ2n) is 5.47. The minimum atomic E-state index is -4.42. The Morgan fingerprint density at radius 3 is 2.55 bits per heavy atom. The number of halogens is 3. The predicted molar refractivity (Wildman–Crippen MR) is 70.2 cm³/mol. The largest absolute Gasteiger partial charge is 0.416 e. The van der Waals surface area contributed by atoms with E-state index < -0.39 is 17.3 Å². The van der Waals surface area contributed by atoms with Gasteiger partial charge in [0, 0.05) is 17.6 Å². The van der Waals surface area contributed by atoms with E-state index in [1.807, 2.05) is 0 Å². The maximum atomic E-state index is 12.8. The van der Waals surface area contributed by atoms with Crippen molar-refractivity contribution in [3.63, 3.8) is 0 Å². The molecule has 3 nitrogen and oxygen atoms in total. The number of carbonyl (C=O) groups is 1. The number of benzene rings is 1. The maximum Gasteiger partial charge on any atom is 0.416 e. The number of alkyl halides is 3. The summed E-state index contributed by atoms with van der Waals surface area (Å²) in [5.41, 5.74) is 5.00. The smallest absolute Gasteiger partial charge is 0.326 e. The number of hydrogen-bond acceptors (Lipinski definition) is 2. The Morgan fingerprint density at radius 2 is 2.05 bits per heavy atom. The second kappa shape index (κ2) is 5.09. The highest BCUT2D eigenvalue weighted by Crippen LogP contribution is 2.34. The number of carbonyl (C=O) groups excluding carboxylic acids is 1. The molecular formula is C14H17F3N2O. The molecule has 1 aliphatic carbocycles. The monoisotopic (exact) mass is 286 g/mol. The van der Waals surface area contributed by atoms with Gasteiger partial charge >= 0.3 is 6.18 Å². The van der Waals surface area contributed by atoms with Crippen LogP contribution in [-0.4, -0.2) is 11.4 Å². The van der Waals surface area contributed by atoms with Crippen LogP contribution in [0.4, 0.5) is 18.9 Å². The third-order valence-electron chi connectivity index (χ3n) is 3.69. The van der Waals surface area contributed by atoms with Gasteiger partial charge in [-0.3, -0.25) is 4.79 Å². The van der Waals surface area contributed by atoms with Gasteiger partial charge in [0.1, 0.15) is 0 Å². The highest BCUT2D eigenvalue weighted by atomic mass is 19.4. The van der Waals surface area contributed by atoms with E-state index in [2.05, 4.69) is 5.32 Å². The molecule has 0 unspecified atom stereocenters. The lowest BCUT2D eigenvalue weighted by Crippen LogP contribution is -2.48. The fourth-order valence-electron chi connectivity index (χ4n) is 2.34. The molecule has 2 rings (SSSR count). The number of anilines is 1. The first-order chi connectivity index (χ1) is 9.20. The number of nitrogens with two attached hydrogens (primary N) is 1. The summed E-state index contributed by atoms with van der Waals surface area (Å²) in [6.07, 6.45) is -1.73. The van der Waals surface area contributed by atoms with Gasteiger partial charge in [-0.1, -0.05) is 6.07 Å². The van der Waals surface area contributed by atoms with Gasteiger partial charge in [0.15, 0.2) is 0 Å². The zero-order valence-corrected chi connectivity index (χ0v) is 11.2. The predicted octanol–water partition coefficient (Wildman–Crippen LogP) is 3.22. The first-order valence-electron chi connectivity index (χ1n) is 6.46. The summed E-state index contributed by atoms with van der Waals surface area (Å²) in [6, 6.07) is 3.77. The van der Waals surface area contributed by atoms with Crippen molar-refractivity contribution in [1.82, 2.24) is 0 Å². The summed E-state index contributed by atoms with van der Waals surface area (Å²) in [7, 11) is 0. The summed E-state index contributed by atoms with van der Waals surface area (Å²) >= 11 is 0. The Balaban J connectivity index is 2.08. The van der Waals surface area contributed by atoms with E-state index in [1.165, 1.54) is 19.1 Å². The molecule has 1 aromatic rings. The van der Waals surface area contributed by atoms with Crippen LogP contribution in [0.15, 0.2) is 18.2 Å². The van der Waals surface area contributed by atoms with E-state index in [1.54, 1.807) is 0 Å². The SMILES string of the molecule is Cc1ccc(NC(=O)CC2(N)CCC2)cc1C(F)(F)F. The Morgan fingerprint density at radius 1 is 1.40 bits per heavy atom. The Bertz CT molecular complexity index is 522. The molecule has 20 heavy (non-hydrogen) atoms. The number of amides is 1. The van der Waals surface area contributed by atoms with Crippen molar-refractivity contribution in [1.29, 1.82) is 0 Å². The number of aryl methyl sites for hydroxylation is 1. The van der Waals surface area contributed by atoms with Crippen LogP contribution in [0.1, 0.15) is 36.8 Å². The van der Waals surface area contributed by atoms with Crippen LogP contribution in [0.2, 0.25) is 0 Å². The van der Waals surface area contributed by atoms with Crippen molar-refractivity contribution in [2.45, 2.75) is 44.3 Å². The maximum absolute atomic E-state index is 12.8. The number of nitrogens with one attached hydrogen (secondary N) is 1. The highest BCUT2D eigenvalue weighted by Gasteiger charge is 2.35. The fraction of sp³-hybridized carbons (Fsp3) is 0.500. The lowest BCUT2D eigenvalue weighted by atomic mass is 9.75. The average Bonchev–Trinajstić information content (AvgIpc) is 2.28. The molecule has 110 valence electrons. The number of rotatable bonds is 3. The van der Waals surface area contributed by atoms with Gasteiger partial charge in [0.25, 0.3) is 0 Å². The summed E-state index contributed by atoms with van der Waals surface area (Å²) < 4.78 is 38.3. The first kappa shape index (κ1) is 14.8. The molecule has 0 atom stereocenters. The van der Waals surface area contributed by atoms with Crippen LogP contribution >= 0.6 is 0 Å². The lowest BCUT2D eigenvalue weighted by molar-refractivity contribution is -0.138. The third-order valence-corrected chi connectivity index (χ3v) is 3.69. The minimum Gasteiger partial charge on any atom is -0.326 e. The lowest BCUT2D eigenvalue weighted by Gasteiger charge is -2.37. The van der Waals surface area contributed by atoms with Crippen molar-refractivity contribution in [2.24, 2.45) is 5.73 Å². The Hall–Kier alpha value is -1.56. The van der Waals surface area contributed by atoms with Crippen LogP contribution in [0.3, 0.4) is 0 Å². The molecule has 1 aromatic carbocycles. The van der Waals surface area contributed by atoms with Gasteiger partial charge < -0.3 is 11.1 Å². The molecule has 1 aliphatic rings. The molecular weight excluding hydrogens is 269 g/mol. The van der Waals surface area contributed by atoms with Crippen molar-refractivity contribution in [3.8, 4) is 0 Å². The second-order valence-corrected chi connectivity index (χ2v) is 5.47. The summed E-state index contributed by atoms with van der Waals surface area (Å²) in [4.78, 5) is 11.8. The molecule has 0 aromatic heterocycles. The topological polar surface area (TPSA) is 55.1 Å². The van der Waals surface area contributed by atoms with E-state index in [9.17, 15) is 18.0 Å². The molecule has 0 heterocycles. The molecule has 1 amide bonds. The van der Waals surface area contributed by atoms with Crippen molar-refractivity contribution in [2.75, 3.05) is 5.32 Å². The van der Waals surface area contributed by atoms with Gasteiger partial charge in [-0.05, 0) is 43.9 Å². The third kappa shape index (κ3) is 3.30. The van der Waals surface area contributed by atoms with Gasteiger partial charge in [-0.25, -0.2) is 0 Å². The number of hydrogen-bond donors (Lipinski definition) is 2. The Labute approximate surface area is 115 Å². The van der Waals surface area contributed by atoms with E-state index in [0.717, 1.165) is 25.3 Å². The van der Waals surface area contributed by atoms with Gasteiger partial charge in [0.05, 0.1) is 5.56 Å². The van der Waals surface area contributed by atoms with Crippen molar-refractivity contribution in [3.05, 3.63) is 29.3 Å². The molecule has 3 N–H and O–H groups in total. The molecule has 0 radical (unpaired) electrons. The molecule has 1 saturated carbocycles. The van der Waals surface area contributed by atoms with Crippen LogP contribution in [-0.2, 0) is 11.0 Å². The van der Waals surface area contributed by atoms with Gasteiger partial charge in [-0.15, -0.1) is 0 Å². The van der Waals surface area contributed by atoms with Gasteiger partial charge in [-0.2, -0.15) is 13.2 Å². The van der Waals surface area contributed by atoms with E-state index in [0.29, 0.717) is 0 Å². The van der Waals surface area contributed by atoms with E-state index in [4.69, 9.17) is 5.73 Å². The zero-order chi connectivity index (χ0) is 15.0. The van der Waals surface area contributed by atoms with Crippen LogP contribution in [0.5, 0.6) is 0 Å². The summed E-state index contributed by atoms with van der Waals surface area (Å²) in [5, 5.41) is 2.49. The van der Waals surface area contributed by atoms with Crippen molar-refractivity contribution >= 4 is 11.6 Å². The molecule has 1 fully saturated rings. The molecule has 0 bridgehead atoms. The van der Waals surface area contributed by atoms with E-state index in [-0.39, 0.29) is 23.6 Å². The quantitative estimate of drug-likeness (QED) is 0.896. The molecule has 0 spiro atoms. The first-order valence-corrected chi connectivity index (χ1v) is 6.46. The van der Waals surface area contributed by atoms with Gasteiger partial charge in [0.2, 0.25) is 5.91 Å². The minimum absolute atomic E-state index is 0.129. The van der Waals surface area contributed by atoms with Crippen LogP contribution < -0.4 is 11.1 Å². The summed E-state index contributed by atoms with van der Waals surface area (Å²) in [5.74, 6) is -0.343. The van der Waals surface area contributed by atoms with Crippen molar-refractivity contribution < 1.29 is 18.0 Å². The standard InChI is InChI=1S/C14H17F3N2O/c1-9-3-4-10(7-11(9)14(15,16)17)19-12(20)8-13(18)5-2-6-13/h3-4,7H,2,5-6,8,18H2,1H3,(H,19,20). The van der Waals surface area contributed by atoms with Crippen LogP contribution in [0, 0.1) is 6.92 Å². The molecule has 0 saturated heterocycles. The van der Waals surface area contributed by atoms with Crippen LogP contribution in [0.25, 0.3) is 0 Å². The fourth-order valence-corrected chi connectivity index (χ4v) is 2.34. The molecule has 0 aliphatic heterocycles. The summed E-state index contributed by atoms with van der Waals surface area (Å²) in [6.45, 7) is 1.39. The Kier molecular flexibility index (Phi) is 3.77. The normalized spacial score (nSPS) is 17.4. The highest BCUT2D eigenvalue weighted by molar-refractivity contribution is 5.91. The van der Waals surface area contributed by atoms with E-state index >= 15 is 0 Å². The average molecular weight is 286 g/mol. The zero-order valence-electron chi connectivity index (χ0n) is 11.2. The molecule has 6 heteroatoms.